The molecule has 0 aliphatic rings. The van der Waals surface area contributed by atoms with E-state index in [4.69, 9.17) is 5.73 Å². The number of benzene rings is 1. The molecule has 0 radical (unpaired) electrons. The Labute approximate surface area is 86.1 Å². The molecule has 1 rings (SSSR count). The summed E-state index contributed by atoms with van der Waals surface area (Å²) < 4.78 is 13.2. The molecule has 2 heteroatoms. The smallest absolute Gasteiger partial charge is 0.128 e. The lowest BCUT2D eigenvalue weighted by atomic mass is 10.1. The van der Waals surface area contributed by atoms with Crippen molar-refractivity contribution in [2.45, 2.75) is 40.5 Å². The summed E-state index contributed by atoms with van der Waals surface area (Å²) in [4.78, 5) is 0. The number of halogens is 1. The van der Waals surface area contributed by atoms with Gasteiger partial charge in [0.25, 0.3) is 0 Å². The largest absolute Gasteiger partial charge is 0.398 e. The number of hydrogen-bond donors (Lipinski definition) is 1. The minimum atomic E-state index is -0.172. The SMILES string of the molecule is CC.CCCc1c(N)cc(C)cc1F. The third-order valence-corrected chi connectivity index (χ3v) is 1.87. The Morgan fingerprint density at radius 2 is 1.86 bits per heavy atom. The van der Waals surface area contributed by atoms with Gasteiger partial charge in [0.2, 0.25) is 0 Å². The van der Waals surface area contributed by atoms with Crippen LogP contribution in [-0.4, -0.2) is 0 Å². The van der Waals surface area contributed by atoms with Gasteiger partial charge in [-0.25, -0.2) is 4.39 Å². The first kappa shape index (κ1) is 12.9. The predicted molar refractivity (Wildman–Crippen MR) is 60.9 cm³/mol. The Hall–Kier alpha value is -1.05. The average molecular weight is 197 g/mol. The molecule has 2 N–H and O–H groups in total. The molecule has 0 saturated heterocycles. The zero-order chi connectivity index (χ0) is 11.1. The lowest BCUT2D eigenvalue weighted by Gasteiger charge is -2.06. The minimum absolute atomic E-state index is 0.172. The van der Waals surface area contributed by atoms with Crippen LogP contribution in [0.4, 0.5) is 10.1 Å². The van der Waals surface area contributed by atoms with E-state index < -0.39 is 0 Å². The summed E-state index contributed by atoms with van der Waals surface area (Å²) in [6, 6.07) is 3.34. The van der Waals surface area contributed by atoms with Gasteiger partial charge in [-0.1, -0.05) is 27.2 Å². The van der Waals surface area contributed by atoms with Crippen molar-refractivity contribution in [2.75, 3.05) is 5.73 Å². The number of hydrogen-bond acceptors (Lipinski definition) is 1. The van der Waals surface area contributed by atoms with E-state index in [0.29, 0.717) is 11.3 Å². The van der Waals surface area contributed by atoms with Crippen molar-refractivity contribution < 1.29 is 4.39 Å². The van der Waals surface area contributed by atoms with Gasteiger partial charge in [0.05, 0.1) is 0 Å². The van der Waals surface area contributed by atoms with Gasteiger partial charge < -0.3 is 5.73 Å². The first-order chi connectivity index (χ1) is 6.65. The first-order valence-electron chi connectivity index (χ1n) is 5.19. The Bertz CT molecular complexity index is 259. The molecule has 0 spiro atoms. The minimum Gasteiger partial charge on any atom is -0.398 e. The fraction of sp³-hybridized carbons (Fsp3) is 0.500. The molecule has 0 amide bonds. The third kappa shape index (κ3) is 3.36. The van der Waals surface area contributed by atoms with Crippen LogP contribution >= 0.6 is 0 Å². The average Bonchev–Trinajstić information content (AvgIpc) is 2.14. The molecule has 14 heavy (non-hydrogen) atoms. The van der Waals surface area contributed by atoms with Crippen LogP contribution in [0.3, 0.4) is 0 Å². The molecule has 1 aromatic carbocycles. The molecule has 1 nitrogen and oxygen atoms in total. The zero-order valence-corrected chi connectivity index (χ0v) is 9.52. The summed E-state index contributed by atoms with van der Waals surface area (Å²) >= 11 is 0. The van der Waals surface area contributed by atoms with Crippen molar-refractivity contribution in [1.29, 1.82) is 0 Å². The topological polar surface area (TPSA) is 26.0 Å². The van der Waals surface area contributed by atoms with Gasteiger partial charge in [-0.3, -0.25) is 0 Å². The van der Waals surface area contributed by atoms with Crippen molar-refractivity contribution in [3.05, 3.63) is 29.1 Å². The number of aryl methyl sites for hydroxylation is 1. The van der Waals surface area contributed by atoms with Crippen LogP contribution in [-0.2, 0) is 6.42 Å². The second-order valence-corrected chi connectivity index (χ2v) is 3.06. The van der Waals surface area contributed by atoms with Gasteiger partial charge in [0.1, 0.15) is 5.82 Å². The zero-order valence-electron chi connectivity index (χ0n) is 9.52. The van der Waals surface area contributed by atoms with Gasteiger partial charge in [0.15, 0.2) is 0 Å². The molecule has 0 aliphatic carbocycles. The van der Waals surface area contributed by atoms with E-state index in [0.717, 1.165) is 18.4 Å². The molecule has 0 aliphatic heterocycles. The van der Waals surface area contributed by atoms with E-state index in [1.807, 2.05) is 33.8 Å². The number of nitrogen functional groups attached to an aromatic ring is 1. The van der Waals surface area contributed by atoms with Crippen molar-refractivity contribution in [3.63, 3.8) is 0 Å². The van der Waals surface area contributed by atoms with Crippen LogP contribution < -0.4 is 5.73 Å². The number of nitrogens with two attached hydrogens (primary N) is 1. The molecular formula is C12H20FN. The standard InChI is InChI=1S/C10H14FN.C2H6/c1-3-4-8-9(11)5-7(2)6-10(8)12;1-2/h5-6H,3-4,12H2,1-2H3;1-2H3. The Morgan fingerprint density at radius 3 is 2.29 bits per heavy atom. The van der Waals surface area contributed by atoms with Gasteiger partial charge in [-0.2, -0.15) is 0 Å². The molecule has 0 heterocycles. The molecule has 0 fully saturated rings. The fourth-order valence-electron chi connectivity index (χ4n) is 1.31. The highest BCUT2D eigenvalue weighted by molar-refractivity contribution is 5.49. The van der Waals surface area contributed by atoms with Crippen LogP contribution in [0.25, 0.3) is 0 Å². The highest BCUT2D eigenvalue weighted by atomic mass is 19.1. The molecule has 0 bridgehead atoms. The molecule has 80 valence electrons. The number of anilines is 1. The molecule has 1 aromatic rings. The van der Waals surface area contributed by atoms with E-state index >= 15 is 0 Å². The third-order valence-electron chi connectivity index (χ3n) is 1.87. The lowest BCUT2D eigenvalue weighted by molar-refractivity contribution is 0.607. The summed E-state index contributed by atoms with van der Waals surface area (Å²) in [5.74, 6) is -0.172. The summed E-state index contributed by atoms with van der Waals surface area (Å²) in [5, 5.41) is 0. The Kier molecular flexibility index (Phi) is 5.93. The summed E-state index contributed by atoms with van der Waals surface area (Å²) in [7, 11) is 0. The second kappa shape index (κ2) is 6.41. The van der Waals surface area contributed by atoms with Gasteiger partial charge in [0, 0.05) is 11.3 Å². The summed E-state index contributed by atoms with van der Waals surface area (Å²) in [6.45, 7) is 7.86. The van der Waals surface area contributed by atoms with Crippen LogP contribution in [0.5, 0.6) is 0 Å². The maximum atomic E-state index is 13.2. The summed E-state index contributed by atoms with van der Waals surface area (Å²) in [6.07, 6.45) is 1.64. The Morgan fingerprint density at radius 1 is 1.29 bits per heavy atom. The van der Waals surface area contributed by atoms with Gasteiger partial charge >= 0.3 is 0 Å². The first-order valence-corrected chi connectivity index (χ1v) is 5.19. The van der Waals surface area contributed by atoms with E-state index in [9.17, 15) is 4.39 Å². The van der Waals surface area contributed by atoms with Gasteiger partial charge in [-0.05, 0) is 31.0 Å². The maximum Gasteiger partial charge on any atom is 0.128 e. The lowest BCUT2D eigenvalue weighted by Crippen LogP contribution is -1.98. The van der Waals surface area contributed by atoms with Gasteiger partial charge in [-0.15, -0.1) is 0 Å². The fourth-order valence-corrected chi connectivity index (χ4v) is 1.31. The van der Waals surface area contributed by atoms with Crippen molar-refractivity contribution >= 4 is 5.69 Å². The molecule has 0 saturated carbocycles. The van der Waals surface area contributed by atoms with Crippen LogP contribution in [0.1, 0.15) is 38.3 Å². The maximum absolute atomic E-state index is 13.2. The highest BCUT2D eigenvalue weighted by Crippen LogP contribution is 2.19. The van der Waals surface area contributed by atoms with Crippen molar-refractivity contribution in [1.82, 2.24) is 0 Å². The normalized spacial score (nSPS) is 9.21. The molecule has 0 unspecified atom stereocenters. The monoisotopic (exact) mass is 197 g/mol. The number of rotatable bonds is 2. The second-order valence-electron chi connectivity index (χ2n) is 3.06. The summed E-state index contributed by atoms with van der Waals surface area (Å²) in [5.41, 5.74) is 7.78. The van der Waals surface area contributed by atoms with Crippen LogP contribution in [0.15, 0.2) is 12.1 Å². The van der Waals surface area contributed by atoms with Crippen molar-refractivity contribution in [2.24, 2.45) is 0 Å². The molecule has 0 atom stereocenters. The quantitative estimate of drug-likeness (QED) is 0.719. The van der Waals surface area contributed by atoms with E-state index in [1.54, 1.807) is 0 Å². The van der Waals surface area contributed by atoms with Crippen LogP contribution in [0.2, 0.25) is 0 Å². The predicted octanol–water partition coefficient (Wildman–Crippen LogP) is 3.70. The van der Waals surface area contributed by atoms with Crippen molar-refractivity contribution in [3.8, 4) is 0 Å². The van der Waals surface area contributed by atoms with E-state index in [-0.39, 0.29) is 5.82 Å². The van der Waals surface area contributed by atoms with Crippen LogP contribution in [0, 0.1) is 12.7 Å². The van der Waals surface area contributed by atoms with E-state index in [2.05, 4.69) is 0 Å². The molecule has 0 aromatic heterocycles. The van der Waals surface area contributed by atoms with E-state index in [1.165, 1.54) is 6.07 Å². The Balaban J connectivity index is 0.000000791. The molecular weight excluding hydrogens is 177 g/mol. The highest BCUT2D eigenvalue weighted by Gasteiger charge is 2.05.